The molecule has 0 aromatic carbocycles. The molecule has 62 heavy (non-hydrogen) atoms. The van der Waals surface area contributed by atoms with Crippen molar-refractivity contribution < 1.29 is 53.4 Å². The number of hydrogen-bond donors (Lipinski definition) is 12. The van der Waals surface area contributed by atoms with Gasteiger partial charge in [0.25, 0.3) is 0 Å². The van der Waals surface area contributed by atoms with E-state index < -0.39 is 127 Å². The molecule has 356 valence electrons. The van der Waals surface area contributed by atoms with E-state index in [0.717, 1.165) is 0 Å². The van der Waals surface area contributed by atoms with Crippen LogP contribution in [-0.4, -0.2) is 143 Å². The van der Waals surface area contributed by atoms with Crippen molar-refractivity contribution in [3.63, 3.8) is 0 Å². The van der Waals surface area contributed by atoms with Gasteiger partial charge in [0.2, 0.25) is 47.3 Å². The van der Waals surface area contributed by atoms with E-state index in [2.05, 4.69) is 55.2 Å². The van der Waals surface area contributed by atoms with Crippen molar-refractivity contribution in [2.24, 2.45) is 29.4 Å². The molecule has 8 amide bonds. The van der Waals surface area contributed by atoms with Gasteiger partial charge < -0.3 is 58.5 Å². The van der Waals surface area contributed by atoms with Crippen LogP contribution in [0.2, 0.25) is 0 Å². The van der Waals surface area contributed by atoms with Crippen LogP contribution >= 0.6 is 24.4 Å². The molecule has 0 aromatic rings. The van der Waals surface area contributed by atoms with E-state index in [0.29, 0.717) is 25.0 Å². The lowest BCUT2D eigenvalue weighted by Crippen LogP contribution is -2.61. The zero-order chi connectivity index (χ0) is 47.9. The summed E-state index contributed by atoms with van der Waals surface area (Å²) in [5.41, 5.74) is 5.97. The minimum atomic E-state index is -1.53. The predicted octanol–water partition coefficient (Wildman–Crippen LogP) is -1.21. The summed E-state index contributed by atoms with van der Waals surface area (Å²) in [7, 11) is 0. The molecule has 0 spiro atoms. The number of aliphatic hydroxyl groups excluding tert-OH is 1. The molecule has 0 aliphatic rings. The van der Waals surface area contributed by atoms with Crippen LogP contribution in [0.4, 0.5) is 0 Å². The van der Waals surface area contributed by atoms with Crippen molar-refractivity contribution in [3.05, 3.63) is 0 Å². The Bertz CT molecular complexity index is 1510. The molecule has 0 aliphatic heterocycles. The second-order valence-corrected chi connectivity index (χ2v) is 17.7. The Morgan fingerprint density at radius 3 is 1.52 bits per heavy atom. The highest BCUT2D eigenvalue weighted by Gasteiger charge is 2.34. The summed E-state index contributed by atoms with van der Waals surface area (Å²) < 4.78 is 0. The van der Waals surface area contributed by atoms with Crippen molar-refractivity contribution in [1.29, 1.82) is 0 Å². The quantitative estimate of drug-likeness (QED) is 0.0377. The summed E-state index contributed by atoms with van der Waals surface area (Å²) in [5, 5.41) is 39.5. The number of thiol groups is 1. The third kappa shape index (κ3) is 21.3. The fraction of sp³-hybridized carbons (Fsp3) is 0.775. The fourth-order valence-electron chi connectivity index (χ4n) is 5.82. The average Bonchev–Trinajstić information content (AvgIpc) is 3.21. The largest absolute Gasteiger partial charge is 0.480 e. The standard InChI is InChI=1S/C40H73N9O11S2/c1-11-22(7)31(48-30(51)17-42-33(52)24(9)43-35(54)26(15-20(3)4)44-34(53)25(41)13-14-62-10)39(58)47-29(19-61)38(57)45-27(16-21(5)6)36(55)46-28(18-50)37(56)49-32(40(59)60)23(8)12-2/h20-29,31-32,50,61H,11-19,41H2,1-10H3,(H,42,52)(H,43,54)(H,44,53)(H,45,57)(H,46,55)(H,47,58)(H,48,51)(H,49,56)(H,59,60)/t22-,23-,24-,25-,26-,27-,28-,29-,31-,32-/m0/s1. The number of carboxylic acid groups (broad SMARTS) is 1. The van der Waals surface area contributed by atoms with Crippen LogP contribution in [0.25, 0.3) is 0 Å². The molecule has 0 rings (SSSR count). The molecule has 0 aliphatic carbocycles. The number of nitrogens with two attached hydrogens (primary N) is 1. The van der Waals surface area contributed by atoms with Crippen LogP contribution in [0, 0.1) is 23.7 Å². The molecule has 0 unspecified atom stereocenters. The topological polar surface area (TPSA) is 316 Å². The Balaban J connectivity index is 5.72. The third-order valence-corrected chi connectivity index (χ3v) is 11.1. The monoisotopic (exact) mass is 919 g/mol. The lowest BCUT2D eigenvalue weighted by molar-refractivity contribution is -0.144. The molecule has 10 atom stereocenters. The lowest BCUT2D eigenvalue weighted by atomic mass is 9.97. The lowest BCUT2D eigenvalue weighted by Gasteiger charge is -2.28. The first kappa shape index (κ1) is 57.9. The maximum absolute atomic E-state index is 13.6. The van der Waals surface area contributed by atoms with E-state index in [1.165, 1.54) is 18.7 Å². The second kappa shape index (κ2) is 30.0. The van der Waals surface area contributed by atoms with Crippen LogP contribution < -0.4 is 48.3 Å². The van der Waals surface area contributed by atoms with Gasteiger partial charge >= 0.3 is 5.97 Å². The Hall–Kier alpha value is -4.15. The molecule has 0 aromatic heterocycles. The summed E-state index contributed by atoms with van der Waals surface area (Å²) in [6, 6.07) is -9.41. The van der Waals surface area contributed by atoms with Gasteiger partial charge in [-0.25, -0.2) is 4.79 Å². The van der Waals surface area contributed by atoms with Gasteiger partial charge in [0.15, 0.2) is 0 Å². The van der Waals surface area contributed by atoms with Crippen LogP contribution in [0.3, 0.4) is 0 Å². The van der Waals surface area contributed by atoms with Gasteiger partial charge in [0, 0.05) is 5.75 Å². The molecule has 0 saturated heterocycles. The summed E-state index contributed by atoms with van der Waals surface area (Å²) >= 11 is 5.75. The van der Waals surface area contributed by atoms with Gasteiger partial charge in [-0.15, -0.1) is 0 Å². The fourth-order valence-corrected chi connectivity index (χ4v) is 6.56. The Labute approximate surface area is 375 Å². The molecule has 0 radical (unpaired) electrons. The smallest absolute Gasteiger partial charge is 0.326 e. The van der Waals surface area contributed by atoms with Gasteiger partial charge in [-0.2, -0.15) is 24.4 Å². The molecule has 0 fully saturated rings. The molecular weight excluding hydrogens is 847 g/mol. The van der Waals surface area contributed by atoms with Crippen molar-refractivity contribution in [2.75, 3.05) is 30.9 Å². The SMILES string of the molecule is CC[C@H](C)[C@H](NC(=O)[C@H](CO)NC(=O)[C@H](CC(C)C)NC(=O)[C@H](CS)NC(=O)[C@@H](NC(=O)CNC(=O)[C@H](C)NC(=O)[C@H](CC(C)C)NC(=O)[C@@H](N)CCSC)[C@@H](C)CC)C(=O)O. The maximum Gasteiger partial charge on any atom is 0.326 e. The minimum absolute atomic E-state index is 0.0198. The van der Waals surface area contributed by atoms with E-state index in [1.807, 2.05) is 20.1 Å². The number of aliphatic carboxylic acids is 1. The minimum Gasteiger partial charge on any atom is -0.480 e. The summed E-state index contributed by atoms with van der Waals surface area (Å²) in [6.07, 6.45) is 3.53. The Morgan fingerprint density at radius 2 is 1.05 bits per heavy atom. The van der Waals surface area contributed by atoms with Gasteiger partial charge in [-0.3, -0.25) is 38.4 Å². The van der Waals surface area contributed by atoms with Crippen molar-refractivity contribution >= 4 is 77.6 Å². The van der Waals surface area contributed by atoms with Crippen LogP contribution in [-0.2, 0) is 43.2 Å². The zero-order valence-electron chi connectivity index (χ0n) is 37.8. The van der Waals surface area contributed by atoms with E-state index >= 15 is 0 Å². The summed E-state index contributed by atoms with van der Waals surface area (Å²) in [4.78, 5) is 117. The van der Waals surface area contributed by atoms with Gasteiger partial charge in [0.05, 0.1) is 19.2 Å². The number of carbonyl (C=O) groups excluding carboxylic acids is 8. The van der Waals surface area contributed by atoms with E-state index in [1.54, 1.807) is 41.5 Å². The number of amides is 8. The molecule has 22 heteroatoms. The predicted molar refractivity (Wildman–Crippen MR) is 240 cm³/mol. The van der Waals surface area contributed by atoms with Crippen molar-refractivity contribution in [1.82, 2.24) is 42.5 Å². The number of aliphatic hydroxyl groups is 1. The number of rotatable bonds is 30. The highest BCUT2D eigenvalue weighted by atomic mass is 32.2. The highest BCUT2D eigenvalue weighted by molar-refractivity contribution is 7.98. The number of hydrogen-bond acceptors (Lipinski definition) is 13. The molecular formula is C40H73N9O11S2. The van der Waals surface area contributed by atoms with E-state index in [-0.39, 0.29) is 30.4 Å². The van der Waals surface area contributed by atoms with Gasteiger partial charge in [-0.1, -0.05) is 68.2 Å². The number of nitrogens with one attached hydrogen (secondary N) is 8. The molecule has 0 heterocycles. The maximum atomic E-state index is 13.6. The van der Waals surface area contributed by atoms with Crippen LogP contribution in [0.15, 0.2) is 0 Å². The average molecular weight is 920 g/mol. The summed E-state index contributed by atoms with van der Waals surface area (Å²) in [6.45, 7) is 14.1. The molecule has 0 bridgehead atoms. The van der Waals surface area contributed by atoms with E-state index in [4.69, 9.17) is 5.73 Å². The molecule has 12 N–H and O–H groups in total. The van der Waals surface area contributed by atoms with Crippen molar-refractivity contribution in [2.45, 2.75) is 143 Å². The first-order valence-electron chi connectivity index (χ1n) is 21.1. The first-order valence-corrected chi connectivity index (χ1v) is 23.1. The zero-order valence-corrected chi connectivity index (χ0v) is 39.5. The Morgan fingerprint density at radius 1 is 0.597 bits per heavy atom. The highest BCUT2D eigenvalue weighted by Crippen LogP contribution is 2.12. The van der Waals surface area contributed by atoms with Gasteiger partial charge in [0.1, 0.15) is 42.3 Å². The number of carboxylic acids is 1. The van der Waals surface area contributed by atoms with Crippen LogP contribution in [0.5, 0.6) is 0 Å². The Kier molecular flexibility index (Phi) is 28.0. The van der Waals surface area contributed by atoms with Crippen molar-refractivity contribution in [3.8, 4) is 0 Å². The summed E-state index contributed by atoms with van der Waals surface area (Å²) in [5.74, 6) is -7.78. The van der Waals surface area contributed by atoms with E-state index in [9.17, 15) is 53.4 Å². The van der Waals surface area contributed by atoms with Gasteiger partial charge in [-0.05, 0) is 61.9 Å². The normalized spacial score (nSPS) is 16.1. The van der Waals surface area contributed by atoms with Crippen LogP contribution in [0.1, 0.15) is 94.4 Å². The number of thioether (sulfide) groups is 1. The second-order valence-electron chi connectivity index (χ2n) is 16.3. The third-order valence-electron chi connectivity index (χ3n) is 10.0. The first-order chi connectivity index (χ1) is 29.0. The molecule has 20 nitrogen and oxygen atoms in total. The number of carbonyl (C=O) groups is 9. The molecule has 0 saturated carbocycles.